The highest BCUT2D eigenvalue weighted by Crippen LogP contribution is 2.23. The Bertz CT molecular complexity index is 272. The van der Waals surface area contributed by atoms with E-state index >= 15 is 0 Å². The molecule has 0 aliphatic rings. The van der Waals surface area contributed by atoms with Crippen molar-refractivity contribution in [3.63, 3.8) is 0 Å². The monoisotopic (exact) mass is 203 g/mol. The second-order valence-electron chi connectivity index (χ2n) is 2.00. The molecule has 1 aromatic rings. The third-order valence-electron chi connectivity index (χ3n) is 1.28. The summed E-state index contributed by atoms with van der Waals surface area (Å²) >= 11 is 2.92. The molecule has 1 N–H and O–H groups in total. The molecule has 0 radical (unpaired) electrons. The summed E-state index contributed by atoms with van der Waals surface area (Å²) in [6.45, 7) is 0. The Hall–Kier alpha value is -0.680. The first kappa shape index (κ1) is 9.41. The number of methoxy groups -OCH3 is 1. The Kier molecular flexibility index (Phi) is 3.43. The Morgan fingerprint density at radius 3 is 3.00 bits per heavy atom. The number of hydrogen-bond acceptors (Lipinski definition) is 5. The molecule has 0 aromatic carbocycles. The molecule has 0 saturated carbocycles. The van der Waals surface area contributed by atoms with Crippen molar-refractivity contribution < 1.29 is 9.53 Å². The van der Waals surface area contributed by atoms with Crippen LogP contribution in [-0.2, 0) is 4.74 Å². The predicted octanol–water partition coefficient (Wildman–Crippen LogP) is 2.22. The largest absolute Gasteiger partial charge is 0.465 e. The SMILES string of the molecule is COC(=O)c1cscc1NSC. The van der Waals surface area contributed by atoms with E-state index < -0.39 is 0 Å². The summed E-state index contributed by atoms with van der Waals surface area (Å²) in [5, 5.41) is 3.65. The van der Waals surface area contributed by atoms with Gasteiger partial charge in [-0.15, -0.1) is 11.3 Å². The number of anilines is 1. The molecule has 3 nitrogen and oxygen atoms in total. The van der Waals surface area contributed by atoms with E-state index in [2.05, 4.69) is 9.46 Å². The minimum absolute atomic E-state index is 0.298. The topological polar surface area (TPSA) is 38.3 Å². The number of carbonyl (C=O) groups excluding carboxylic acids is 1. The number of nitrogens with one attached hydrogen (secondary N) is 1. The summed E-state index contributed by atoms with van der Waals surface area (Å²) in [5.41, 5.74) is 1.41. The minimum atomic E-state index is -0.298. The third-order valence-corrected chi connectivity index (χ3v) is 2.45. The maximum Gasteiger partial charge on any atom is 0.340 e. The summed E-state index contributed by atoms with van der Waals surface area (Å²) in [4.78, 5) is 11.1. The molecule has 1 heterocycles. The van der Waals surface area contributed by atoms with Gasteiger partial charge in [-0.1, -0.05) is 11.9 Å². The average molecular weight is 203 g/mol. The number of esters is 1. The van der Waals surface area contributed by atoms with Gasteiger partial charge in [0.05, 0.1) is 18.4 Å². The van der Waals surface area contributed by atoms with Crippen molar-refractivity contribution in [1.82, 2.24) is 0 Å². The Morgan fingerprint density at radius 2 is 2.42 bits per heavy atom. The van der Waals surface area contributed by atoms with Crippen molar-refractivity contribution in [3.8, 4) is 0 Å². The van der Waals surface area contributed by atoms with Gasteiger partial charge in [0.15, 0.2) is 0 Å². The van der Waals surface area contributed by atoms with Crippen LogP contribution in [0.3, 0.4) is 0 Å². The standard InChI is InChI=1S/C7H9NO2S2/c1-10-7(9)5-3-12-4-6(5)8-11-2/h3-4,8H,1-2H3. The number of thiophene rings is 1. The fourth-order valence-electron chi connectivity index (χ4n) is 0.754. The molecule has 66 valence electrons. The lowest BCUT2D eigenvalue weighted by atomic mass is 10.3. The molecule has 0 atom stereocenters. The first-order valence-electron chi connectivity index (χ1n) is 3.23. The lowest BCUT2D eigenvalue weighted by molar-refractivity contribution is 0.0602. The van der Waals surface area contributed by atoms with Crippen molar-refractivity contribution in [2.75, 3.05) is 18.1 Å². The molecule has 0 saturated heterocycles. The predicted molar refractivity (Wildman–Crippen MR) is 52.8 cm³/mol. The molecule has 0 aliphatic carbocycles. The third kappa shape index (κ3) is 1.92. The fourth-order valence-corrected chi connectivity index (χ4v) is 1.97. The van der Waals surface area contributed by atoms with Crippen LogP contribution < -0.4 is 4.72 Å². The minimum Gasteiger partial charge on any atom is -0.465 e. The van der Waals surface area contributed by atoms with E-state index in [0.29, 0.717) is 5.56 Å². The maximum atomic E-state index is 11.1. The molecule has 0 spiro atoms. The van der Waals surface area contributed by atoms with E-state index in [1.165, 1.54) is 30.4 Å². The lowest BCUT2D eigenvalue weighted by Crippen LogP contribution is -2.01. The van der Waals surface area contributed by atoms with Crippen LogP contribution in [0.25, 0.3) is 0 Å². The molecule has 0 aliphatic heterocycles. The molecule has 0 fully saturated rings. The van der Waals surface area contributed by atoms with Gasteiger partial charge in [0.2, 0.25) is 0 Å². The highest BCUT2D eigenvalue weighted by Gasteiger charge is 2.11. The molecule has 5 heteroatoms. The molecule has 0 bridgehead atoms. The number of carbonyl (C=O) groups is 1. The van der Waals surface area contributed by atoms with Crippen LogP contribution in [0.2, 0.25) is 0 Å². The fraction of sp³-hybridized carbons (Fsp3) is 0.286. The maximum absolute atomic E-state index is 11.1. The zero-order chi connectivity index (χ0) is 8.97. The summed E-state index contributed by atoms with van der Waals surface area (Å²) in [5.74, 6) is -0.298. The zero-order valence-electron chi connectivity index (χ0n) is 6.79. The van der Waals surface area contributed by atoms with Crippen LogP contribution in [0.15, 0.2) is 10.8 Å². The molecular formula is C7H9NO2S2. The van der Waals surface area contributed by atoms with Crippen molar-refractivity contribution in [1.29, 1.82) is 0 Å². The lowest BCUT2D eigenvalue weighted by Gasteiger charge is -2.01. The van der Waals surface area contributed by atoms with Crippen LogP contribution in [0.1, 0.15) is 10.4 Å². The van der Waals surface area contributed by atoms with E-state index in [1.54, 1.807) is 5.38 Å². The van der Waals surface area contributed by atoms with E-state index in [0.717, 1.165) is 5.69 Å². The van der Waals surface area contributed by atoms with Gasteiger partial charge < -0.3 is 9.46 Å². The van der Waals surface area contributed by atoms with Gasteiger partial charge in [-0.3, -0.25) is 0 Å². The normalized spacial score (nSPS) is 9.50. The van der Waals surface area contributed by atoms with Gasteiger partial charge in [-0.25, -0.2) is 4.79 Å². The van der Waals surface area contributed by atoms with Crippen LogP contribution in [0.4, 0.5) is 5.69 Å². The van der Waals surface area contributed by atoms with Gasteiger partial charge in [-0.2, -0.15) is 0 Å². The van der Waals surface area contributed by atoms with Gasteiger partial charge in [0.25, 0.3) is 0 Å². The highest BCUT2D eigenvalue weighted by atomic mass is 32.2. The summed E-state index contributed by atoms with van der Waals surface area (Å²) in [6.07, 6.45) is 1.90. The summed E-state index contributed by atoms with van der Waals surface area (Å²) in [6, 6.07) is 0. The van der Waals surface area contributed by atoms with Crippen LogP contribution >= 0.6 is 23.3 Å². The first-order valence-corrected chi connectivity index (χ1v) is 5.40. The van der Waals surface area contributed by atoms with E-state index in [9.17, 15) is 4.79 Å². The van der Waals surface area contributed by atoms with Gasteiger partial charge >= 0.3 is 5.97 Å². The van der Waals surface area contributed by atoms with Gasteiger partial charge in [0.1, 0.15) is 0 Å². The van der Waals surface area contributed by atoms with Crippen molar-refractivity contribution in [3.05, 3.63) is 16.3 Å². The Morgan fingerprint density at radius 1 is 1.67 bits per heavy atom. The van der Waals surface area contributed by atoms with Gasteiger partial charge in [-0.05, 0) is 0 Å². The molecule has 0 unspecified atom stereocenters. The molecule has 1 aromatic heterocycles. The quantitative estimate of drug-likeness (QED) is 0.604. The molecular weight excluding hydrogens is 194 g/mol. The smallest absolute Gasteiger partial charge is 0.340 e. The Balaban J connectivity index is 2.83. The van der Waals surface area contributed by atoms with Crippen LogP contribution in [0.5, 0.6) is 0 Å². The first-order chi connectivity index (χ1) is 5.79. The Labute approximate surface area is 79.3 Å². The van der Waals surface area contributed by atoms with E-state index in [-0.39, 0.29) is 5.97 Å². The van der Waals surface area contributed by atoms with Crippen LogP contribution in [0, 0.1) is 0 Å². The van der Waals surface area contributed by atoms with E-state index in [4.69, 9.17) is 0 Å². The summed E-state index contributed by atoms with van der Waals surface area (Å²) in [7, 11) is 1.38. The molecule has 1 rings (SSSR count). The zero-order valence-corrected chi connectivity index (χ0v) is 8.42. The van der Waals surface area contributed by atoms with E-state index in [1.807, 2.05) is 11.6 Å². The van der Waals surface area contributed by atoms with Crippen molar-refractivity contribution in [2.24, 2.45) is 0 Å². The van der Waals surface area contributed by atoms with Gasteiger partial charge in [0, 0.05) is 17.0 Å². The second-order valence-corrected chi connectivity index (χ2v) is 3.35. The number of rotatable bonds is 3. The van der Waals surface area contributed by atoms with Crippen molar-refractivity contribution >= 4 is 34.9 Å². The van der Waals surface area contributed by atoms with Crippen LogP contribution in [-0.4, -0.2) is 19.3 Å². The second kappa shape index (κ2) is 4.37. The molecule has 12 heavy (non-hydrogen) atoms. The molecule has 0 amide bonds. The average Bonchev–Trinajstić information content (AvgIpc) is 2.52. The number of hydrogen-bond donors (Lipinski definition) is 1. The van der Waals surface area contributed by atoms with Crippen molar-refractivity contribution in [2.45, 2.75) is 0 Å². The summed E-state index contributed by atoms with van der Waals surface area (Å²) < 4.78 is 7.60. The number of ether oxygens (including phenoxy) is 1. The highest BCUT2D eigenvalue weighted by molar-refractivity contribution is 7.99.